The van der Waals surface area contributed by atoms with E-state index >= 15 is 0 Å². The molecule has 1 aromatic heterocycles. The molecule has 5 nitrogen and oxygen atoms in total. The molecule has 0 unspecified atom stereocenters. The van der Waals surface area contributed by atoms with Crippen LogP contribution >= 0.6 is 11.3 Å². The Balaban J connectivity index is 2.44. The van der Waals surface area contributed by atoms with Crippen molar-refractivity contribution in [3.8, 4) is 0 Å². The molecule has 3 N–H and O–H groups in total. The maximum Gasteiger partial charge on any atom is 0.323 e. The molecule has 0 aliphatic rings. The zero-order valence-corrected chi connectivity index (χ0v) is 12.4. The Morgan fingerprint density at radius 2 is 2.00 bits per heavy atom. The molecular weight excluding hydrogens is 288 g/mol. The van der Waals surface area contributed by atoms with E-state index in [-0.39, 0.29) is 5.91 Å². The minimum atomic E-state index is -1.08. The maximum atomic E-state index is 12.7. The molecule has 2 aromatic rings. The second-order valence-corrected chi connectivity index (χ2v) is 5.39. The Kier molecular flexibility index (Phi) is 4.59. The molecule has 0 saturated carbocycles. The number of carboxylic acids is 1. The van der Waals surface area contributed by atoms with E-state index in [1.54, 1.807) is 24.3 Å². The molecule has 2 rings (SSSR count). The van der Waals surface area contributed by atoms with E-state index in [1.807, 2.05) is 18.4 Å². The summed E-state index contributed by atoms with van der Waals surface area (Å²) >= 11 is 1.31. The summed E-state index contributed by atoms with van der Waals surface area (Å²) in [4.78, 5) is 25.6. The fourth-order valence-corrected chi connectivity index (χ4v) is 3.00. The number of para-hydroxylation sites is 2. The van der Waals surface area contributed by atoms with E-state index in [1.165, 1.54) is 16.2 Å². The highest BCUT2D eigenvalue weighted by atomic mass is 32.1. The van der Waals surface area contributed by atoms with Crippen molar-refractivity contribution in [2.75, 3.05) is 17.2 Å². The molecule has 1 aromatic carbocycles. The maximum absolute atomic E-state index is 12.7. The van der Waals surface area contributed by atoms with Crippen LogP contribution in [-0.4, -0.2) is 23.5 Å². The van der Waals surface area contributed by atoms with Crippen LogP contribution in [0.5, 0.6) is 0 Å². The van der Waals surface area contributed by atoms with Gasteiger partial charge in [0.15, 0.2) is 0 Å². The molecule has 1 heterocycles. The number of aliphatic carboxylic acids is 1. The second kappa shape index (κ2) is 6.41. The van der Waals surface area contributed by atoms with Gasteiger partial charge in [-0.05, 0) is 35.6 Å². The Bertz CT molecular complexity index is 666. The molecule has 0 radical (unpaired) electrons. The van der Waals surface area contributed by atoms with Gasteiger partial charge in [0.2, 0.25) is 0 Å². The third kappa shape index (κ3) is 3.22. The van der Waals surface area contributed by atoms with E-state index in [2.05, 4.69) is 0 Å². The van der Waals surface area contributed by atoms with E-state index in [0.717, 1.165) is 12.0 Å². The van der Waals surface area contributed by atoms with Crippen molar-refractivity contribution in [1.29, 1.82) is 0 Å². The summed E-state index contributed by atoms with van der Waals surface area (Å²) in [5.41, 5.74) is 7.58. The first-order valence-corrected chi connectivity index (χ1v) is 7.37. The molecule has 110 valence electrons. The number of anilines is 2. The van der Waals surface area contributed by atoms with Gasteiger partial charge in [-0.15, -0.1) is 11.3 Å². The highest BCUT2D eigenvalue weighted by Crippen LogP contribution is 2.27. The van der Waals surface area contributed by atoms with Gasteiger partial charge in [0.25, 0.3) is 5.91 Å². The van der Waals surface area contributed by atoms with Crippen molar-refractivity contribution in [1.82, 2.24) is 0 Å². The minimum Gasteiger partial charge on any atom is -0.480 e. The molecule has 0 fully saturated rings. The monoisotopic (exact) mass is 304 g/mol. The Morgan fingerprint density at radius 1 is 1.29 bits per heavy atom. The predicted octanol–water partition coefficient (Wildman–Crippen LogP) is 2.62. The van der Waals surface area contributed by atoms with Crippen molar-refractivity contribution < 1.29 is 14.7 Å². The van der Waals surface area contributed by atoms with Crippen molar-refractivity contribution >= 4 is 34.6 Å². The van der Waals surface area contributed by atoms with Crippen molar-refractivity contribution in [3.05, 3.63) is 46.2 Å². The molecule has 0 spiro atoms. The van der Waals surface area contributed by atoms with Crippen molar-refractivity contribution in [3.63, 3.8) is 0 Å². The summed E-state index contributed by atoms with van der Waals surface area (Å²) in [5.74, 6) is -1.41. The van der Waals surface area contributed by atoms with E-state index in [4.69, 9.17) is 10.8 Å². The lowest BCUT2D eigenvalue weighted by Gasteiger charge is -2.22. The van der Waals surface area contributed by atoms with Crippen LogP contribution in [0.15, 0.2) is 35.7 Å². The fourth-order valence-electron chi connectivity index (χ4n) is 2.06. The fraction of sp³-hybridized carbons (Fsp3) is 0.200. The third-order valence-electron chi connectivity index (χ3n) is 3.09. The molecule has 0 saturated heterocycles. The Hall–Kier alpha value is -2.34. The van der Waals surface area contributed by atoms with E-state index in [0.29, 0.717) is 16.3 Å². The largest absolute Gasteiger partial charge is 0.480 e. The summed E-state index contributed by atoms with van der Waals surface area (Å²) in [6.45, 7) is 1.53. The van der Waals surface area contributed by atoms with Crippen molar-refractivity contribution in [2.24, 2.45) is 0 Å². The van der Waals surface area contributed by atoms with Gasteiger partial charge in [-0.3, -0.25) is 14.5 Å². The number of rotatable bonds is 5. The number of nitrogens with two attached hydrogens (primary N) is 1. The number of carboxylic acid groups (broad SMARTS) is 1. The average molecular weight is 304 g/mol. The van der Waals surface area contributed by atoms with Gasteiger partial charge in [0, 0.05) is 0 Å². The molecule has 6 heteroatoms. The lowest BCUT2D eigenvalue weighted by atomic mass is 10.1. The molecule has 0 aliphatic heterocycles. The van der Waals surface area contributed by atoms with Crippen LogP contribution in [-0.2, 0) is 11.2 Å². The number of hydrogen-bond acceptors (Lipinski definition) is 4. The zero-order valence-electron chi connectivity index (χ0n) is 11.6. The lowest BCUT2D eigenvalue weighted by molar-refractivity contribution is -0.135. The predicted molar refractivity (Wildman–Crippen MR) is 83.9 cm³/mol. The highest BCUT2D eigenvalue weighted by Gasteiger charge is 2.24. The van der Waals surface area contributed by atoms with Crippen LogP contribution in [0.1, 0.15) is 22.2 Å². The standard InChI is InChI=1S/C15H16N2O3S/c1-2-10-7-8-21-14(10)15(20)17(9-13(18)19)12-6-4-3-5-11(12)16/h3-8H,2,9,16H2,1H3,(H,18,19). The van der Waals surface area contributed by atoms with Crippen LogP contribution in [0.25, 0.3) is 0 Å². The zero-order chi connectivity index (χ0) is 15.4. The third-order valence-corrected chi connectivity index (χ3v) is 4.03. The van der Waals surface area contributed by atoms with Crippen LogP contribution in [0.4, 0.5) is 11.4 Å². The average Bonchev–Trinajstić information content (AvgIpc) is 2.93. The van der Waals surface area contributed by atoms with Gasteiger partial charge in [-0.1, -0.05) is 19.1 Å². The molecule has 1 amide bonds. The van der Waals surface area contributed by atoms with Crippen molar-refractivity contribution in [2.45, 2.75) is 13.3 Å². The molecule has 0 bridgehead atoms. The van der Waals surface area contributed by atoms with E-state index < -0.39 is 12.5 Å². The summed E-state index contributed by atoms with van der Waals surface area (Å²) < 4.78 is 0. The highest BCUT2D eigenvalue weighted by molar-refractivity contribution is 7.12. The number of amides is 1. The second-order valence-electron chi connectivity index (χ2n) is 4.47. The topological polar surface area (TPSA) is 83.6 Å². The number of aryl methyl sites for hydroxylation is 1. The van der Waals surface area contributed by atoms with Crippen LogP contribution in [0, 0.1) is 0 Å². The number of carbonyl (C=O) groups excluding carboxylic acids is 1. The number of nitrogens with zero attached hydrogens (tertiary/aromatic N) is 1. The first kappa shape index (κ1) is 15.1. The Morgan fingerprint density at radius 3 is 2.62 bits per heavy atom. The van der Waals surface area contributed by atoms with Gasteiger partial charge >= 0.3 is 5.97 Å². The van der Waals surface area contributed by atoms with Gasteiger partial charge in [-0.2, -0.15) is 0 Å². The first-order valence-electron chi connectivity index (χ1n) is 6.49. The first-order chi connectivity index (χ1) is 10.0. The summed E-state index contributed by atoms with van der Waals surface area (Å²) in [5, 5.41) is 10.9. The van der Waals surface area contributed by atoms with E-state index in [9.17, 15) is 9.59 Å². The van der Waals surface area contributed by atoms with Crippen LogP contribution < -0.4 is 10.6 Å². The van der Waals surface area contributed by atoms with Gasteiger partial charge in [0.1, 0.15) is 6.54 Å². The summed E-state index contributed by atoms with van der Waals surface area (Å²) in [6.07, 6.45) is 0.718. The number of benzene rings is 1. The summed E-state index contributed by atoms with van der Waals surface area (Å²) in [6, 6.07) is 8.64. The van der Waals surface area contributed by atoms with Gasteiger partial charge in [0.05, 0.1) is 16.3 Å². The molecule has 21 heavy (non-hydrogen) atoms. The lowest BCUT2D eigenvalue weighted by Crippen LogP contribution is -2.36. The number of nitrogen functional groups attached to an aromatic ring is 1. The van der Waals surface area contributed by atoms with Gasteiger partial charge < -0.3 is 10.8 Å². The number of thiophene rings is 1. The SMILES string of the molecule is CCc1ccsc1C(=O)N(CC(=O)O)c1ccccc1N. The molecule has 0 atom stereocenters. The minimum absolute atomic E-state index is 0.331. The smallest absolute Gasteiger partial charge is 0.323 e. The Labute approximate surface area is 126 Å². The molecule has 0 aliphatic carbocycles. The quantitative estimate of drug-likeness (QED) is 0.832. The molecular formula is C15H16N2O3S. The van der Waals surface area contributed by atoms with Gasteiger partial charge in [-0.25, -0.2) is 0 Å². The summed E-state index contributed by atoms with van der Waals surface area (Å²) in [7, 11) is 0. The normalized spacial score (nSPS) is 10.3. The van der Waals surface area contributed by atoms with Crippen LogP contribution in [0.2, 0.25) is 0 Å². The number of hydrogen-bond donors (Lipinski definition) is 2. The number of carbonyl (C=O) groups is 2. The van der Waals surface area contributed by atoms with Crippen LogP contribution in [0.3, 0.4) is 0 Å².